The Bertz CT molecular complexity index is 416. The van der Waals surface area contributed by atoms with Gasteiger partial charge in [0.05, 0.1) is 17.9 Å². The lowest BCUT2D eigenvalue weighted by Crippen LogP contribution is -2.23. The molecule has 7 heteroatoms. The Morgan fingerprint density at radius 3 is 2.65 bits per heavy atom. The molecule has 0 radical (unpaired) electrons. The molecule has 2 unspecified atom stereocenters. The maximum atomic E-state index is 10.9. The summed E-state index contributed by atoms with van der Waals surface area (Å²) in [5.41, 5.74) is 0.428. The van der Waals surface area contributed by atoms with Crippen LogP contribution in [0.5, 0.6) is 0 Å². The second-order valence-corrected chi connectivity index (χ2v) is 4.02. The van der Waals surface area contributed by atoms with Crippen LogP contribution in [0.2, 0.25) is 0 Å². The van der Waals surface area contributed by atoms with E-state index in [0.29, 0.717) is 18.8 Å². The molecule has 1 fully saturated rings. The van der Waals surface area contributed by atoms with Crippen LogP contribution in [0.15, 0.2) is 12.5 Å². The summed E-state index contributed by atoms with van der Waals surface area (Å²) in [4.78, 5) is 20.3. The number of carboxylic acids is 1. The number of hydrogen-bond acceptors (Lipinski definition) is 6. The third kappa shape index (κ3) is 2.57. The van der Waals surface area contributed by atoms with Crippen LogP contribution in [0.1, 0.15) is 16.1 Å². The van der Waals surface area contributed by atoms with Gasteiger partial charge < -0.3 is 15.3 Å². The summed E-state index contributed by atoms with van der Waals surface area (Å²) in [5.74, 6) is -1.08. The fraction of sp³-hybridized carbons (Fsp3) is 0.500. The third-order valence-corrected chi connectivity index (χ3v) is 2.73. The molecule has 1 aliphatic rings. The van der Waals surface area contributed by atoms with Crippen molar-refractivity contribution >= 4 is 5.97 Å². The molecule has 3 N–H and O–H groups in total. The third-order valence-electron chi connectivity index (χ3n) is 2.73. The molecule has 1 aromatic heterocycles. The normalized spacial score (nSPS) is 25.1. The molecule has 2 atom stereocenters. The molecule has 1 aromatic rings. The van der Waals surface area contributed by atoms with Crippen LogP contribution in [0.25, 0.3) is 0 Å². The summed E-state index contributed by atoms with van der Waals surface area (Å²) in [6.07, 6.45) is 0.952. The lowest BCUT2D eigenvalue weighted by Gasteiger charge is -2.14. The van der Waals surface area contributed by atoms with E-state index in [1.54, 1.807) is 4.90 Å². The van der Waals surface area contributed by atoms with Gasteiger partial charge in [0.15, 0.2) is 0 Å². The molecule has 17 heavy (non-hydrogen) atoms. The van der Waals surface area contributed by atoms with E-state index in [1.807, 2.05) is 0 Å². The number of β-amino-alcohol motifs (C(OH)–C–C–N with tert-alkyl or cyclic N) is 2. The predicted molar refractivity (Wildman–Crippen MR) is 56.3 cm³/mol. The highest BCUT2D eigenvalue weighted by molar-refractivity contribution is 5.88. The monoisotopic (exact) mass is 239 g/mol. The zero-order chi connectivity index (χ0) is 12.4. The number of carboxylic acid groups (broad SMARTS) is 1. The fourth-order valence-corrected chi connectivity index (χ4v) is 1.85. The van der Waals surface area contributed by atoms with E-state index in [-0.39, 0.29) is 12.1 Å². The van der Waals surface area contributed by atoms with Gasteiger partial charge in [0.2, 0.25) is 0 Å². The number of aliphatic hydroxyl groups is 2. The van der Waals surface area contributed by atoms with Gasteiger partial charge in [0.25, 0.3) is 0 Å². The number of aromatic nitrogens is 2. The lowest BCUT2D eigenvalue weighted by molar-refractivity contribution is 0.0572. The molecule has 0 aromatic carbocycles. The topological polar surface area (TPSA) is 107 Å². The number of aromatic carboxylic acids is 1. The van der Waals surface area contributed by atoms with Crippen molar-refractivity contribution in [3.05, 3.63) is 23.8 Å². The highest BCUT2D eigenvalue weighted by atomic mass is 16.4. The maximum absolute atomic E-state index is 10.9. The van der Waals surface area contributed by atoms with E-state index in [4.69, 9.17) is 5.11 Å². The minimum absolute atomic E-state index is 0.0448. The van der Waals surface area contributed by atoms with Gasteiger partial charge in [-0.2, -0.15) is 0 Å². The van der Waals surface area contributed by atoms with Gasteiger partial charge in [0, 0.05) is 25.8 Å². The Kier molecular flexibility index (Phi) is 3.32. The number of aliphatic hydroxyl groups excluding tert-OH is 2. The van der Waals surface area contributed by atoms with Crippen LogP contribution < -0.4 is 0 Å². The molecular formula is C10H13N3O4. The molecule has 1 aliphatic heterocycles. The number of carbonyl (C=O) groups is 1. The van der Waals surface area contributed by atoms with Crippen molar-refractivity contribution in [3.8, 4) is 0 Å². The van der Waals surface area contributed by atoms with Crippen molar-refractivity contribution in [2.45, 2.75) is 18.8 Å². The van der Waals surface area contributed by atoms with Gasteiger partial charge in [-0.15, -0.1) is 0 Å². The van der Waals surface area contributed by atoms with Crippen LogP contribution in [-0.4, -0.2) is 61.5 Å². The average Bonchev–Trinajstić information content (AvgIpc) is 2.58. The highest BCUT2D eigenvalue weighted by Crippen LogP contribution is 2.14. The van der Waals surface area contributed by atoms with Crippen LogP contribution in [0, 0.1) is 0 Å². The van der Waals surface area contributed by atoms with Crippen LogP contribution >= 0.6 is 0 Å². The van der Waals surface area contributed by atoms with Crippen molar-refractivity contribution in [1.29, 1.82) is 0 Å². The average molecular weight is 239 g/mol. The van der Waals surface area contributed by atoms with Crippen molar-refractivity contribution in [1.82, 2.24) is 14.9 Å². The van der Waals surface area contributed by atoms with E-state index in [0.717, 1.165) is 0 Å². The molecule has 2 heterocycles. The summed E-state index contributed by atoms with van der Waals surface area (Å²) < 4.78 is 0. The molecular weight excluding hydrogens is 226 g/mol. The van der Waals surface area contributed by atoms with Gasteiger partial charge in [-0.1, -0.05) is 0 Å². The van der Waals surface area contributed by atoms with Gasteiger partial charge >= 0.3 is 5.97 Å². The number of rotatable bonds is 3. The number of nitrogens with zero attached hydrogens (tertiary/aromatic N) is 3. The molecule has 7 nitrogen and oxygen atoms in total. The SMILES string of the molecule is O=C(O)c1cncnc1CN1CC(O)C(O)C1. The van der Waals surface area contributed by atoms with Crippen molar-refractivity contribution < 1.29 is 20.1 Å². The molecule has 1 saturated heterocycles. The van der Waals surface area contributed by atoms with Crippen molar-refractivity contribution in [3.63, 3.8) is 0 Å². The van der Waals surface area contributed by atoms with Crippen molar-refractivity contribution in [2.24, 2.45) is 0 Å². The Balaban J connectivity index is 2.11. The molecule has 0 spiro atoms. The summed E-state index contributed by atoms with van der Waals surface area (Å²) >= 11 is 0. The molecule has 0 saturated carbocycles. The lowest BCUT2D eigenvalue weighted by atomic mass is 10.2. The van der Waals surface area contributed by atoms with Gasteiger partial charge in [-0.05, 0) is 0 Å². The standard InChI is InChI=1S/C10H13N3O4/c14-8-3-13(4-9(8)15)2-7-6(10(16)17)1-11-5-12-7/h1,5,8-9,14-15H,2-4H2,(H,16,17). The molecule has 0 amide bonds. The first-order valence-corrected chi connectivity index (χ1v) is 5.18. The Morgan fingerprint density at radius 2 is 2.06 bits per heavy atom. The first kappa shape index (κ1) is 11.9. The second-order valence-electron chi connectivity index (χ2n) is 4.02. The maximum Gasteiger partial charge on any atom is 0.339 e. The number of likely N-dealkylation sites (tertiary alicyclic amines) is 1. The largest absolute Gasteiger partial charge is 0.478 e. The zero-order valence-corrected chi connectivity index (χ0v) is 9.02. The summed E-state index contributed by atoms with van der Waals surface area (Å²) in [6, 6.07) is 0. The minimum Gasteiger partial charge on any atom is -0.478 e. The van der Waals surface area contributed by atoms with Gasteiger partial charge in [-0.3, -0.25) is 4.90 Å². The van der Waals surface area contributed by atoms with E-state index < -0.39 is 18.2 Å². The smallest absolute Gasteiger partial charge is 0.339 e. The summed E-state index contributed by atoms with van der Waals surface area (Å²) in [7, 11) is 0. The fourth-order valence-electron chi connectivity index (χ4n) is 1.85. The highest BCUT2D eigenvalue weighted by Gasteiger charge is 2.30. The minimum atomic E-state index is -1.08. The molecule has 0 bridgehead atoms. The van der Waals surface area contributed by atoms with Gasteiger partial charge in [0.1, 0.15) is 11.9 Å². The zero-order valence-electron chi connectivity index (χ0n) is 9.02. The summed E-state index contributed by atoms with van der Waals surface area (Å²) in [5, 5.41) is 27.7. The number of hydrogen-bond donors (Lipinski definition) is 3. The summed E-state index contributed by atoms with van der Waals surface area (Å²) in [6.45, 7) is 0.896. The first-order valence-electron chi connectivity index (χ1n) is 5.18. The van der Waals surface area contributed by atoms with E-state index in [9.17, 15) is 15.0 Å². The predicted octanol–water partition coefficient (Wildman–Crippen LogP) is -1.29. The van der Waals surface area contributed by atoms with Gasteiger partial charge in [-0.25, -0.2) is 14.8 Å². The van der Waals surface area contributed by atoms with Crippen LogP contribution in [-0.2, 0) is 6.54 Å². The Hall–Kier alpha value is -1.57. The second kappa shape index (κ2) is 4.74. The van der Waals surface area contributed by atoms with E-state index >= 15 is 0 Å². The van der Waals surface area contributed by atoms with Crippen LogP contribution in [0.3, 0.4) is 0 Å². The first-order chi connectivity index (χ1) is 8.08. The Labute approximate surface area is 97.4 Å². The quantitative estimate of drug-likeness (QED) is 0.602. The van der Waals surface area contributed by atoms with Crippen molar-refractivity contribution in [2.75, 3.05) is 13.1 Å². The van der Waals surface area contributed by atoms with E-state index in [1.165, 1.54) is 12.5 Å². The van der Waals surface area contributed by atoms with Crippen LogP contribution in [0.4, 0.5) is 0 Å². The molecule has 92 valence electrons. The molecule has 0 aliphatic carbocycles. The molecule has 2 rings (SSSR count). The Morgan fingerprint density at radius 1 is 1.41 bits per heavy atom. The van der Waals surface area contributed by atoms with E-state index in [2.05, 4.69) is 9.97 Å².